The van der Waals surface area contributed by atoms with Crippen molar-refractivity contribution in [3.8, 4) is 0 Å². The third kappa shape index (κ3) is 18.1. The van der Waals surface area contributed by atoms with Crippen LogP contribution in [-0.2, 0) is 76.4 Å². The first-order valence-electron chi connectivity index (χ1n) is 32.6. The summed E-state index contributed by atoms with van der Waals surface area (Å²) in [6, 6.07) is 13.5. The molecule has 3 aromatic carbocycles. The number of fused-ring (bicyclic) bond motifs is 5. The van der Waals surface area contributed by atoms with Crippen molar-refractivity contribution < 1.29 is 106 Å². The number of benzene rings is 3. The van der Waals surface area contributed by atoms with Crippen molar-refractivity contribution in [3.63, 3.8) is 0 Å². The summed E-state index contributed by atoms with van der Waals surface area (Å²) in [5.74, 6) is -12.5. The van der Waals surface area contributed by atoms with E-state index in [-0.39, 0.29) is 65.9 Å². The van der Waals surface area contributed by atoms with Crippen LogP contribution < -0.4 is 38.1 Å². The molecule has 100 heavy (non-hydrogen) atoms. The Bertz CT molecular complexity index is 3680. The van der Waals surface area contributed by atoms with Crippen LogP contribution in [0.15, 0.2) is 96.1 Å². The summed E-state index contributed by atoms with van der Waals surface area (Å²) in [6.07, 6.45) is -11.9. The lowest BCUT2D eigenvalue weighted by molar-refractivity contribution is -0.346. The summed E-state index contributed by atoms with van der Waals surface area (Å²) < 4.78 is 49.6. The fraction of sp³-hybridized carbons (Fsp3) is 0.514. The van der Waals surface area contributed by atoms with Gasteiger partial charge in [-0.2, -0.15) is 0 Å². The average Bonchev–Trinajstić information content (AvgIpc) is 0.670. The van der Waals surface area contributed by atoms with Gasteiger partial charge in [0.1, 0.15) is 65.6 Å². The molecule has 7 rings (SSSR count). The van der Waals surface area contributed by atoms with Gasteiger partial charge >= 0.3 is 30.0 Å². The molecule has 12 N–H and O–H groups in total. The van der Waals surface area contributed by atoms with E-state index in [1.807, 2.05) is 0 Å². The molecule has 1 saturated heterocycles. The minimum atomic E-state index is -2.54. The molecule has 4 aliphatic rings. The number of alkyl carbamates (subject to hydrolysis) is 1. The number of nitrogens with two attached hydrogens (primary N) is 2. The SMILES string of the molecule is CC(=O)O[C@@]12CO[C@@H]1C[C@H](O)[C@@]1(C)C(=O)[C@H](O)C3=C(C)[C@@H](OC(=O)[C@H](OC(=O)CCC(=O)NCCCCC(NC(=O)CC[C@H](NC(=O)C(C)NC(=O)/C=C/c4ccc(F)cc4Cl)C(N)=O)C(N)=O)[C@H](NC(=O)OC(C)(C)C)c4ccccc4)C[C@@](O)([C@@H](OC(=O)c4ccccc4)[C@H]21)C3(C)C. The number of primary amides is 2. The molecule has 2 bridgehead atoms. The summed E-state index contributed by atoms with van der Waals surface area (Å²) in [5.41, 5.74) is 1.96. The molecule has 0 radical (unpaired) electrons. The molecular formula is C70H87ClFN7O21. The van der Waals surface area contributed by atoms with Crippen molar-refractivity contribution in [2.45, 2.75) is 198 Å². The minimum Gasteiger partial charge on any atom is -0.455 e. The molecule has 30 heteroatoms. The molecule has 14 atom stereocenters. The number of hydrogen-bond acceptors (Lipinski definition) is 21. The lowest BCUT2D eigenvalue weighted by atomic mass is 9.44. The number of rotatable bonds is 28. The molecular weight excluding hydrogens is 1330 g/mol. The number of halogens is 2. The number of ether oxygens (including phenoxy) is 6. The zero-order valence-corrected chi connectivity index (χ0v) is 57.6. The molecule has 3 aromatic rings. The van der Waals surface area contributed by atoms with E-state index in [1.165, 1.54) is 71.0 Å². The maximum Gasteiger partial charge on any atom is 0.408 e. The van der Waals surface area contributed by atoms with Gasteiger partial charge in [0.25, 0.3) is 0 Å². The van der Waals surface area contributed by atoms with Crippen LogP contribution in [0.1, 0.15) is 148 Å². The quantitative estimate of drug-likeness (QED) is 0.0163. The molecule has 3 aliphatic carbocycles. The van der Waals surface area contributed by atoms with Crippen LogP contribution in [0.5, 0.6) is 0 Å². The monoisotopic (exact) mass is 1420 g/mol. The van der Waals surface area contributed by atoms with Crippen molar-refractivity contribution in [1.82, 2.24) is 26.6 Å². The smallest absolute Gasteiger partial charge is 0.408 e. The number of aliphatic hydroxyl groups excluding tert-OH is 2. The van der Waals surface area contributed by atoms with Crippen LogP contribution in [0.2, 0.25) is 5.02 Å². The molecule has 7 amide bonds. The standard InChI is InChI=1S/C70H87ClFN7O21/c1-36-46(34-70(94)59(98-63(91)41-20-14-11-15-21-41)57-68(9,58(87)55(86)53(36)67(70,7)8)47(81)33-48-69(57,35-95-48)99-38(3)80)96-64(92)56(54(40-18-12-10-13-19-40)79-65(93)100-66(4,5)6)97-52(85)30-29-49(82)75-31-17-16-22-44(60(73)88)77-51(84)28-26-45(61(74)89)78-62(90)37(2)76-50(83)27-24-39-23-25-42(72)32-43(39)71/h10-15,18-21,23-25,27,32,37,44-48,54-57,59,81,86,94H,16-17,22,26,28-31,33-35H2,1-9H3,(H2,73,88)(H2,74,89)(H,75,82)(H,76,83)(H,77,84)(H,78,90)(H,79,93)/b27-24+/t37?,44?,45-,46-,47-,48+,54+,55+,56+,57-,59-,68+,69-,70+/m0/s1. The van der Waals surface area contributed by atoms with Crippen molar-refractivity contribution >= 4 is 88.9 Å². The lowest BCUT2D eigenvalue weighted by Crippen LogP contribution is -2.81. The number of carbonyl (C=O) groups excluding carboxylic acids is 12. The number of Topliss-reactive ketones (excluding diaryl/α,β-unsaturated/α-hetero) is 1. The van der Waals surface area contributed by atoms with Crippen molar-refractivity contribution in [2.75, 3.05) is 13.2 Å². The first-order chi connectivity index (χ1) is 46.8. The minimum absolute atomic E-state index is 0.00570. The Hall–Kier alpha value is -9.16. The number of aliphatic hydroxyl groups is 3. The third-order valence-corrected chi connectivity index (χ3v) is 19.1. The summed E-state index contributed by atoms with van der Waals surface area (Å²) in [4.78, 5) is 163. The lowest BCUT2D eigenvalue weighted by Gasteiger charge is -2.67. The first-order valence-corrected chi connectivity index (χ1v) is 33.0. The van der Waals surface area contributed by atoms with Gasteiger partial charge in [-0.3, -0.25) is 43.2 Å². The molecule has 3 fully saturated rings. The van der Waals surface area contributed by atoms with Crippen LogP contribution >= 0.6 is 11.6 Å². The number of amides is 7. The Kier molecular flexibility index (Phi) is 25.4. The van der Waals surface area contributed by atoms with E-state index in [0.717, 1.165) is 25.1 Å². The van der Waals surface area contributed by atoms with E-state index in [9.17, 15) is 67.7 Å². The van der Waals surface area contributed by atoms with Gasteiger partial charge in [0.15, 0.2) is 11.4 Å². The van der Waals surface area contributed by atoms with Crippen molar-refractivity contribution in [1.29, 1.82) is 0 Å². The zero-order chi connectivity index (χ0) is 74.0. The topological polar surface area (TPSA) is 433 Å². The number of unbranched alkanes of at least 4 members (excludes halogenated alkanes) is 1. The van der Waals surface area contributed by atoms with E-state index in [1.54, 1.807) is 57.2 Å². The molecule has 0 spiro atoms. The molecule has 28 nitrogen and oxygen atoms in total. The highest BCUT2D eigenvalue weighted by molar-refractivity contribution is 6.32. The normalized spacial score (nSPS) is 25.1. The number of esters is 4. The maximum absolute atomic E-state index is 15.4. The van der Waals surface area contributed by atoms with Gasteiger partial charge in [0.05, 0.1) is 41.1 Å². The third-order valence-electron chi connectivity index (χ3n) is 18.7. The Labute approximate surface area is 581 Å². The Morgan fingerprint density at radius 1 is 0.820 bits per heavy atom. The van der Waals surface area contributed by atoms with Gasteiger partial charge in [-0.25, -0.2) is 18.8 Å². The summed E-state index contributed by atoms with van der Waals surface area (Å²) >= 11 is 5.99. The molecule has 2 saturated carbocycles. The fourth-order valence-electron chi connectivity index (χ4n) is 13.4. The summed E-state index contributed by atoms with van der Waals surface area (Å²) in [5, 5.41) is 51.0. The van der Waals surface area contributed by atoms with E-state index in [2.05, 4.69) is 26.6 Å². The molecule has 0 aromatic heterocycles. The van der Waals surface area contributed by atoms with Gasteiger partial charge in [0, 0.05) is 50.6 Å². The molecule has 1 aliphatic heterocycles. The maximum atomic E-state index is 15.4. The molecule has 542 valence electrons. The Balaban J connectivity index is 1.04. The molecule has 2 unspecified atom stereocenters. The number of nitrogens with one attached hydrogen (secondary N) is 5. The van der Waals surface area contributed by atoms with Crippen molar-refractivity contribution in [2.24, 2.45) is 28.2 Å². The second kappa shape index (κ2) is 32.4. The van der Waals surface area contributed by atoms with Gasteiger partial charge in [0.2, 0.25) is 41.5 Å². The van der Waals surface area contributed by atoms with E-state index >= 15 is 9.59 Å². The average molecular weight is 1420 g/mol. The zero-order valence-electron chi connectivity index (χ0n) is 56.9. The largest absolute Gasteiger partial charge is 0.455 e. The van der Waals surface area contributed by atoms with Crippen LogP contribution in [0.25, 0.3) is 6.08 Å². The van der Waals surface area contributed by atoms with E-state index < -0.39 is 204 Å². The summed E-state index contributed by atoms with van der Waals surface area (Å²) in [6.45, 7) is 12.5. The molecule has 1 heterocycles. The van der Waals surface area contributed by atoms with Gasteiger partial charge in [-0.05, 0) is 120 Å². The number of carbonyl (C=O) groups is 12. The van der Waals surface area contributed by atoms with Gasteiger partial charge < -0.3 is 81.8 Å². The number of ketones is 1. The Morgan fingerprint density at radius 3 is 2.06 bits per heavy atom. The van der Waals surface area contributed by atoms with Gasteiger partial charge in [-0.1, -0.05) is 80.0 Å². The first kappa shape index (κ1) is 78.2. The Morgan fingerprint density at radius 2 is 1.46 bits per heavy atom. The predicted octanol–water partition coefficient (Wildman–Crippen LogP) is 3.61. The fourth-order valence-corrected chi connectivity index (χ4v) is 13.6. The summed E-state index contributed by atoms with van der Waals surface area (Å²) in [7, 11) is 0. The van der Waals surface area contributed by atoms with Gasteiger partial charge in [-0.15, -0.1) is 0 Å². The highest BCUT2D eigenvalue weighted by Crippen LogP contribution is 2.64. The number of hydrogen-bond donors (Lipinski definition) is 10. The van der Waals surface area contributed by atoms with Crippen LogP contribution in [-0.4, -0.2) is 171 Å². The second-order valence-electron chi connectivity index (χ2n) is 27.1. The highest BCUT2D eigenvalue weighted by Gasteiger charge is 2.78. The van der Waals surface area contributed by atoms with Crippen molar-refractivity contribution in [3.05, 3.63) is 124 Å². The van der Waals surface area contributed by atoms with E-state index in [0.29, 0.717) is 5.56 Å². The second-order valence-corrected chi connectivity index (χ2v) is 27.5. The van der Waals surface area contributed by atoms with Crippen LogP contribution in [0, 0.1) is 22.6 Å². The van der Waals surface area contributed by atoms with Crippen LogP contribution in [0.3, 0.4) is 0 Å². The van der Waals surface area contributed by atoms with E-state index in [4.69, 9.17) is 51.5 Å². The highest BCUT2D eigenvalue weighted by atomic mass is 35.5. The predicted molar refractivity (Wildman–Crippen MR) is 353 cm³/mol. The van der Waals surface area contributed by atoms with Crippen LogP contribution in [0.4, 0.5) is 9.18 Å².